The Morgan fingerprint density at radius 3 is 2.11 bits per heavy atom. The first-order valence-corrected chi connectivity index (χ1v) is 17.7. The van der Waals surface area contributed by atoms with Crippen LogP contribution >= 0.6 is 34.8 Å². The Labute approximate surface area is 292 Å². The fraction of sp³-hybridized carbons (Fsp3) is 0.278. The summed E-state index contributed by atoms with van der Waals surface area (Å²) in [5.74, 6) is -0.786. The molecule has 1 atom stereocenters. The molecule has 2 amide bonds. The van der Waals surface area contributed by atoms with E-state index in [9.17, 15) is 18.0 Å². The van der Waals surface area contributed by atoms with Crippen LogP contribution in [0.3, 0.4) is 0 Å². The van der Waals surface area contributed by atoms with Gasteiger partial charge in [0.05, 0.1) is 20.6 Å². The van der Waals surface area contributed by atoms with Crippen LogP contribution in [0, 0.1) is 19.8 Å². The molecule has 0 saturated heterocycles. The third kappa shape index (κ3) is 9.29. The molecule has 11 heteroatoms. The summed E-state index contributed by atoms with van der Waals surface area (Å²) in [5, 5.41) is 3.96. The second-order valence-electron chi connectivity index (χ2n) is 11.8. The highest BCUT2D eigenvalue weighted by Crippen LogP contribution is 2.32. The maximum Gasteiger partial charge on any atom is 0.264 e. The molecule has 0 aliphatic rings. The van der Waals surface area contributed by atoms with Crippen LogP contribution in [0.1, 0.15) is 36.1 Å². The number of benzene rings is 4. The van der Waals surface area contributed by atoms with Gasteiger partial charge in [0, 0.05) is 24.5 Å². The molecular weight excluding hydrogens is 677 g/mol. The molecule has 0 spiro atoms. The molecule has 0 saturated carbocycles. The van der Waals surface area contributed by atoms with Gasteiger partial charge in [-0.1, -0.05) is 109 Å². The number of sulfonamides is 1. The lowest BCUT2D eigenvalue weighted by molar-refractivity contribution is -0.140. The zero-order valence-corrected chi connectivity index (χ0v) is 29.8. The average Bonchev–Trinajstić information content (AvgIpc) is 3.04. The quantitative estimate of drug-likeness (QED) is 0.153. The van der Waals surface area contributed by atoms with Crippen molar-refractivity contribution in [1.82, 2.24) is 10.2 Å². The number of rotatable bonds is 13. The summed E-state index contributed by atoms with van der Waals surface area (Å²) >= 11 is 19.0. The van der Waals surface area contributed by atoms with Crippen LogP contribution in [-0.4, -0.2) is 44.3 Å². The van der Waals surface area contributed by atoms with Gasteiger partial charge in [-0.25, -0.2) is 8.42 Å². The van der Waals surface area contributed by atoms with Crippen molar-refractivity contribution in [3.63, 3.8) is 0 Å². The summed E-state index contributed by atoms with van der Waals surface area (Å²) in [4.78, 5) is 30.0. The smallest absolute Gasteiger partial charge is 0.264 e. The number of nitrogens with zero attached hydrogens (tertiary/aromatic N) is 2. The van der Waals surface area contributed by atoms with Crippen LogP contribution in [0.2, 0.25) is 15.1 Å². The fourth-order valence-electron chi connectivity index (χ4n) is 5.03. The molecule has 7 nitrogen and oxygen atoms in total. The van der Waals surface area contributed by atoms with Gasteiger partial charge in [-0.15, -0.1) is 0 Å². The van der Waals surface area contributed by atoms with Crippen LogP contribution in [-0.2, 0) is 32.6 Å². The highest BCUT2D eigenvalue weighted by Gasteiger charge is 2.35. The molecule has 1 N–H and O–H groups in total. The van der Waals surface area contributed by atoms with E-state index in [1.165, 1.54) is 17.0 Å². The molecular formula is C36H38Cl3N3O4S. The van der Waals surface area contributed by atoms with Crippen molar-refractivity contribution in [2.75, 3.05) is 17.4 Å². The van der Waals surface area contributed by atoms with Crippen molar-refractivity contribution in [2.45, 2.75) is 51.6 Å². The number of halogens is 3. The van der Waals surface area contributed by atoms with E-state index in [-0.39, 0.29) is 35.4 Å². The third-order valence-corrected chi connectivity index (χ3v) is 10.6. The predicted octanol–water partition coefficient (Wildman–Crippen LogP) is 7.87. The number of hydrogen-bond donors (Lipinski definition) is 1. The number of amides is 2. The standard InChI is InChI=1S/C36H38Cl3N3O4S/c1-24(2)21-40-36(44)34(20-27-9-6-5-7-10-27)41(22-28-15-18-31(38)32(39)19-28)35(43)23-42(33-12-8-11-30(37)26(33)4)47(45,46)29-16-13-25(3)14-17-29/h5-19,24,34H,20-23H2,1-4H3,(H,40,44). The van der Waals surface area contributed by atoms with Crippen LogP contribution < -0.4 is 9.62 Å². The van der Waals surface area contributed by atoms with E-state index in [4.69, 9.17) is 34.8 Å². The Morgan fingerprint density at radius 2 is 1.47 bits per heavy atom. The SMILES string of the molecule is Cc1ccc(S(=O)(=O)N(CC(=O)N(Cc2ccc(Cl)c(Cl)c2)C(Cc2ccccc2)C(=O)NCC(C)C)c2cccc(Cl)c2C)cc1. The first kappa shape index (κ1) is 36.3. The number of hydrogen-bond acceptors (Lipinski definition) is 4. The molecule has 47 heavy (non-hydrogen) atoms. The fourth-order valence-corrected chi connectivity index (χ4v) is 6.99. The van der Waals surface area contributed by atoms with Gasteiger partial charge in [0.2, 0.25) is 11.8 Å². The molecule has 0 fully saturated rings. The molecule has 4 aromatic rings. The van der Waals surface area contributed by atoms with Gasteiger partial charge in [-0.2, -0.15) is 0 Å². The van der Waals surface area contributed by atoms with Gasteiger partial charge < -0.3 is 10.2 Å². The van der Waals surface area contributed by atoms with E-state index < -0.39 is 28.5 Å². The molecule has 0 heterocycles. The molecule has 0 aliphatic heterocycles. The highest BCUT2D eigenvalue weighted by molar-refractivity contribution is 7.92. The summed E-state index contributed by atoms with van der Waals surface area (Å²) in [5.41, 5.74) is 3.08. The monoisotopic (exact) mass is 713 g/mol. The average molecular weight is 715 g/mol. The first-order valence-electron chi connectivity index (χ1n) is 15.2. The highest BCUT2D eigenvalue weighted by atomic mass is 35.5. The van der Waals surface area contributed by atoms with Crippen LogP contribution in [0.5, 0.6) is 0 Å². The zero-order chi connectivity index (χ0) is 34.3. The normalized spacial score (nSPS) is 12.1. The predicted molar refractivity (Wildman–Crippen MR) is 191 cm³/mol. The minimum absolute atomic E-state index is 0.0156. The second-order valence-corrected chi connectivity index (χ2v) is 14.9. The van der Waals surface area contributed by atoms with E-state index in [1.807, 2.05) is 51.1 Å². The van der Waals surface area contributed by atoms with Gasteiger partial charge in [0.15, 0.2) is 0 Å². The zero-order valence-electron chi connectivity index (χ0n) is 26.7. The van der Waals surface area contributed by atoms with E-state index in [2.05, 4.69) is 5.32 Å². The van der Waals surface area contributed by atoms with Crippen LogP contribution in [0.15, 0.2) is 95.9 Å². The molecule has 4 aromatic carbocycles. The summed E-state index contributed by atoms with van der Waals surface area (Å²) in [7, 11) is -4.26. The number of anilines is 1. The summed E-state index contributed by atoms with van der Waals surface area (Å²) < 4.78 is 29.6. The largest absolute Gasteiger partial charge is 0.354 e. The first-order chi connectivity index (χ1) is 22.3. The summed E-state index contributed by atoms with van der Waals surface area (Å²) in [6.45, 7) is 7.28. The number of carbonyl (C=O) groups excluding carboxylic acids is 2. The number of aryl methyl sites for hydroxylation is 1. The van der Waals surface area contributed by atoms with Gasteiger partial charge in [-0.3, -0.25) is 13.9 Å². The van der Waals surface area contributed by atoms with Gasteiger partial charge in [0.25, 0.3) is 10.0 Å². The van der Waals surface area contributed by atoms with E-state index in [0.717, 1.165) is 15.4 Å². The second kappa shape index (κ2) is 16.0. The molecule has 0 bridgehead atoms. The Kier molecular flexibility index (Phi) is 12.4. The van der Waals surface area contributed by atoms with Gasteiger partial charge in [0.1, 0.15) is 12.6 Å². The number of nitrogens with one attached hydrogen (secondary N) is 1. The van der Waals surface area contributed by atoms with E-state index >= 15 is 0 Å². The molecule has 248 valence electrons. The third-order valence-electron chi connectivity index (χ3n) is 7.69. The van der Waals surface area contributed by atoms with Crippen molar-refractivity contribution in [3.05, 3.63) is 128 Å². The van der Waals surface area contributed by atoms with Gasteiger partial charge >= 0.3 is 0 Å². The minimum atomic E-state index is -4.26. The topological polar surface area (TPSA) is 86.8 Å². The minimum Gasteiger partial charge on any atom is -0.354 e. The Bertz CT molecular complexity index is 1820. The molecule has 0 aromatic heterocycles. The molecule has 1 unspecified atom stereocenters. The Morgan fingerprint density at radius 1 is 0.787 bits per heavy atom. The van der Waals surface area contributed by atoms with E-state index in [1.54, 1.807) is 55.5 Å². The van der Waals surface area contributed by atoms with Crippen LogP contribution in [0.4, 0.5) is 5.69 Å². The van der Waals surface area contributed by atoms with Crippen molar-refractivity contribution in [1.29, 1.82) is 0 Å². The Balaban J connectivity index is 1.84. The maximum absolute atomic E-state index is 14.6. The van der Waals surface area contributed by atoms with Crippen molar-refractivity contribution >= 4 is 62.3 Å². The van der Waals surface area contributed by atoms with Crippen molar-refractivity contribution in [3.8, 4) is 0 Å². The summed E-state index contributed by atoms with van der Waals surface area (Å²) in [6, 6.07) is 24.7. The van der Waals surface area contributed by atoms with Crippen molar-refractivity contribution < 1.29 is 18.0 Å². The van der Waals surface area contributed by atoms with Crippen molar-refractivity contribution in [2.24, 2.45) is 5.92 Å². The Hall–Kier alpha value is -3.56. The molecule has 0 aliphatic carbocycles. The maximum atomic E-state index is 14.6. The lowest BCUT2D eigenvalue weighted by atomic mass is 10.0. The van der Waals surface area contributed by atoms with Crippen LogP contribution in [0.25, 0.3) is 0 Å². The van der Waals surface area contributed by atoms with E-state index in [0.29, 0.717) is 32.7 Å². The molecule has 4 rings (SSSR count). The lowest BCUT2D eigenvalue weighted by Crippen LogP contribution is -2.53. The lowest BCUT2D eigenvalue weighted by Gasteiger charge is -2.34. The number of carbonyl (C=O) groups is 2. The molecule has 0 radical (unpaired) electrons. The summed E-state index contributed by atoms with van der Waals surface area (Å²) in [6.07, 6.45) is 0.193. The van der Waals surface area contributed by atoms with Gasteiger partial charge in [-0.05, 0) is 72.9 Å².